The number of rotatable bonds is 5. The number of likely N-dealkylation sites (tertiary alicyclic amines) is 1. The second-order valence-corrected chi connectivity index (χ2v) is 7.42. The van der Waals surface area contributed by atoms with Gasteiger partial charge in [0.15, 0.2) is 0 Å². The van der Waals surface area contributed by atoms with Gasteiger partial charge in [-0.05, 0) is 31.4 Å². The molecule has 1 heterocycles. The molecule has 27 heavy (non-hydrogen) atoms. The Morgan fingerprint density at radius 2 is 1.52 bits per heavy atom. The van der Waals surface area contributed by atoms with Crippen LogP contribution in [0.3, 0.4) is 0 Å². The number of hydrogen-bond acceptors (Lipinski definition) is 3. The van der Waals surface area contributed by atoms with Gasteiger partial charge in [0.05, 0.1) is 5.92 Å². The molecule has 1 saturated heterocycles. The lowest BCUT2D eigenvalue weighted by Crippen LogP contribution is -2.49. The first kappa shape index (κ1) is 19.1. The van der Waals surface area contributed by atoms with Crippen molar-refractivity contribution in [2.24, 2.45) is 5.73 Å². The number of carbonyl (C=O) groups is 2. The normalized spacial score (nSPS) is 19.5. The fraction of sp³-hybridized carbons (Fsp3) is 0.364. The Balaban J connectivity index is 1.94. The van der Waals surface area contributed by atoms with E-state index in [9.17, 15) is 9.59 Å². The highest BCUT2D eigenvalue weighted by Gasteiger charge is 2.41. The van der Waals surface area contributed by atoms with Crippen molar-refractivity contribution in [3.8, 4) is 0 Å². The Hall–Kier alpha value is -2.66. The van der Waals surface area contributed by atoms with Gasteiger partial charge in [0.1, 0.15) is 6.04 Å². The van der Waals surface area contributed by atoms with Gasteiger partial charge in [-0.1, -0.05) is 60.7 Å². The molecule has 0 bridgehead atoms. The molecule has 5 nitrogen and oxygen atoms in total. The lowest BCUT2D eigenvalue weighted by Gasteiger charge is -2.29. The molecule has 3 N–H and O–H groups in total. The maximum Gasteiger partial charge on any atom is 0.243 e. The predicted molar refractivity (Wildman–Crippen MR) is 106 cm³/mol. The highest BCUT2D eigenvalue weighted by atomic mass is 16.2. The summed E-state index contributed by atoms with van der Waals surface area (Å²) in [5, 5.41) is 2.92. The molecule has 0 unspecified atom stereocenters. The topological polar surface area (TPSA) is 75.4 Å². The van der Waals surface area contributed by atoms with Crippen molar-refractivity contribution in [2.75, 3.05) is 6.54 Å². The van der Waals surface area contributed by atoms with E-state index in [1.165, 1.54) is 0 Å². The van der Waals surface area contributed by atoms with Gasteiger partial charge in [-0.15, -0.1) is 0 Å². The van der Waals surface area contributed by atoms with E-state index in [0.717, 1.165) is 11.1 Å². The lowest BCUT2D eigenvalue weighted by atomic mass is 9.90. The molecule has 0 aliphatic carbocycles. The zero-order chi connectivity index (χ0) is 19.4. The van der Waals surface area contributed by atoms with E-state index >= 15 is 0 Å². The van der Waals surface area contributed by atoms with E-state index in [-0.39, 0.29) is 23.9 Å². The van der Waals surface area contributed by atoms with Crippen LogP contribution in [0.5, 0.6) is 0 Å². The summed E-state index contributed by atoms with van der Waals surface area (Å²) in [5.74, 6) is -0.664. The van der Waals surface area contributed by atoms with Gasteiger partial charge >= 0.3 is 0 Å². The Kier molecular flexibility index (Phi) is 5.91. The standard InChI is InChI=1S/C22H27N3O2/c1-15(2)24-21(26)19-13-18(23)14-25(19)22(27)20(16-9-5-3-6-10-16)17-11-7-4-8-12-17/h3-12,15,18-20H,13-14,23H2,1-2H3,(H,24,26)/t18-,19+/m1/s1. The molecule has 142 valence electrons. The number of amides is 2. The van der Waals surface area contributed by atoms with Crippen molar-refractivity contribution in [1.82, 2.24) is 10.2 Å². The van der Waals surface area contributed by atoms with E-state index in [4.69, 9.17) is 5.73 Å². The fourth-order valence-corrected chi connectivity index (χ4v) is 3.68. The predicted octanol–water partition coefficient (Wildman–Crippen LogP) is 2.27. The molecular weight excluding hydrogens is 338 g/mol. The third-order valence-electron chi connectivity index (χ3n) is 4.86. The maximum atomic E-state index is 13.6. The summed E-state index contributed by atoms with van der Waals surface area (Å²) < 4.78 is 0. The SMILES string of the molecule is CC(C)NC(=O)[C@@H]1C[C@@H](N)CN1C(=O)C(c1ccccc1)c1ccccc1. The van der Waals surface area contributed by atoms with Crippen molar-refractivity contribution < 1.29 is 9.59 Å². The van der Waals surface area contributed by atoms with E-state index in [1.54, 1.807) is 4.90 Å². The largest absolute Gasteiger partial charge is 0.352 e. The Morgan fingerprint density at radius 3 is 2.00 bits per heavy atom. The van der Waals surface area contributed by atoms with E-state index in [2.05, 4.69) is 5.32 Å². The Bertz CT molecular complexity index is 737. The fourth-order valence-electron chi connectivity index (χ4n) is 3.68. The van der Waals surface area contributed by atoms with E-state index in [0.29, 0.717) is 13.0 Å². The van der Waals surface area contributed by atoms with Crippen LogP contribution in [0.15, 0.2) is 60.7 Å². The second-order valence-electron chi connectivity index (χ2n) is 7.42. The highest BCUT2D eigenvalue weighted by molar-refractivity contribution is 5.93. The van der Waals surface area contributed by atoms with Crippen molar-refractivity contribution in [2.45, 2.75) is 44.3 Å². The van der Waals surface area contributed by atoms with Crippen LogP contribution in [0.2, 0.25) is 0 Å². The molecule has 1 fully saturated rings. The quantitative estimate of drug-likeness (QED) is 0.853. The third-order valence-corrected chi connectivity index (χ3v) is 4.86. The summed E-state index contributed by atoms with van der Waals surface area (Å²) in [7, 11) is 0. The highest BCUT2D eigenvalue weighted by Crippen LogP contribution is 2.30. The maximum absolute atomic E-state index is 13.6. The first-order valence-electron chi connectivity index (χ1n) is 9.43. The minimum atomic E-state index is -0.523. The summed E-state index contributed by atoms with van der Waals surface area (Å²) in [6, 6.07) is 18.7. The van der Waals surface area contributed by atoms with Crippen LogP contribution in [-0.2, 0) is 9.59 Å². The molecule has 0 radical (unpaired) electrons. The molecule has 0 saturated carbocycles. The first-order chi connectivity index (χ1) is 13.0. The summed E-state index contributed by atoms with van der Waals surface area (Å²) in [6.45, 7) is 4.22. The molecule has 5 heteroatoms. The van der Waals surface area contributed by atoms with Crippen LogP contribution in [-0.4, -0.2) is 41.4 Å². The molecule has 2 aromatic rings. The Morgan fingerprint density at radius 1 is 1.00 bits per heavy atom. The van der Waals surface area contributed by atoms with E-state index in [1.807, 2.05) is 74.5 Å². The number of carbonyl (C=O) groups excluding carboxylic acids is 2. The number of hydrogen-bond donors (Lipinski definition) is 2. The smallest absolute Gasteiger partial charge is 0.243 e. The van der Waals surface area contributed by atoms with Crippen LogP contribution in [0.25, 0.3) is 0 Å². The second kappa shape index (κ2) is 8.35. The summed E-state index contributed by atoms with van der Waals surface area (Å²) in [4.78, 5) is 27.9. The molecular formula is C22H27N3O2. The van der Waals surface area contributed by atoms with Crippen LogP contribution >= 0.6 is 0 Å². The van der Waals surface area contributed by atoms with Crippen molar-refractivity contribution >= 4 is 11.8 Å². The van der Waals surface area contributed by atoms with Gasteiger partial charge in [0, 0.05) is 18.6 Å². The number of benzene rings is 2. The Labute approximate surface area is 160 Å². The van der Waals surface area contributed by atoms with Gasteiger partial charge in [-0.2, -0.15) is 0 Å². The minimum Gasteiger partial charge on any atom is -0.352 e. The summed E-state index contributed by atoms with van der Waals surface area (Å²) >= 11 is 0. The minimum absolute atomic E-state index is 0.0188. The van der Waals surface area contributed by atoms with Crippen LogP contribution < -0.4 is 11.1 Å². The molecule has 1 aliphatic heterocycles. The van der Waals surface area contributed by atoms with Crippen LogP contribution in [0.4, 0.5) is 0 Å². The van der Waals surface area contributed by atoms with Gasteiger partial charge in [0.2, 0.25) is 11.8 Å². The molecule has 2 amide bonds. The summed E-state index contributed by atoms with van der Waals surface area (Å²) in [6.07, 6.45) is 0.487. The molecule has 0 spiro atoms. The van der Waals surface area contributed by atoms with E-state index < -0.39 is 12.0 Å². The number of nitrogens with two attached hydrogens (primary N) is 1. The lowest BCUT2D eigenvalue weighted by molar-refractivity contribution is -0.139. The van der Waals surface area contributed by atoms with Gasteiger partial charge in [-0.3, -0.25) is 9.59 Å². The molecule has 2 atom stereocenters. The zero-order valence-corrected chi connectivity index (χ0v) is 15.8. The molecule has 1 aliphatic rings. The van der Waals surface area contributed by atoms with Crippen LogP contribution in [0.1, 0.15) is 37.3 Å². The average molecular weight is 365 g/mol. The monoisotopic (exact) mass is 365 g/mol. The van der Waals surface area contributed by atoms with Gasteiger partial charge in [0.25, 0.3) is 0 Å². The molecule has 3 rings (SSSR count). The number of nitrogens with one attached hydrogen (secondary N) is 1. The first-order valence-corrected chi connectivity index (χ1v) is 9.43. The average Bonchev–Trinajstić information content (AvgIpc) is 3.05. The van der Waals surface area contributed by atoms with Gasteiger partial charge < -0.3 is 16.0 Å². The van der Waals surface area contributed by atoms with Crippen LogP contribution in [0, 0.1) is 0 Å². The third kappa shape index (κ3) is 4.37. The molecule has 2 aromatic carbocycles. The summed E-state index contributed by atoms with van der Waals surface area (Å²) in [5.41, 5.74) is 7.95. The molecule has 0 aromatic heterocycles. The van der Waals surface area contributed by atoms with Crippen molar-refractivity contribution in [1.29, 1.82) is 0 Å². The van der Waals surface area contributed by atoms with Crippen molar-refractivity contribution in [3.63, 3.8) is 0 Å². The number of nitrogens with zero attached hydrogens (tertiary/aromatic N) is 1. The zero-order valence-electron chi connectivity index (χ0n) is 15.8. The van der Waals surface area contributed by atoms with Gasteiger partial charge in [-0.25, -0.2) is 0 Å². The van der Waals surface area contributed by atoms with Crippen molar-refractivity contribution in [3.05, 3.63) is 71.8 Å².